The molecular formula is C7H8N2O4S. The van der Waals surface area contributed by atoms with E-state index in [9.17, 15) is 9.59 Å². The molecule has 0 fully saturated rings. The lowest BCUT2D eigenvalue weighted by molar-refractivity contribution is -0.136. The number of nitrogens with zero attached hydrogens (tertiary/aromatic N) is 2. The highest BCUT2D eigenvalue weighted by Crippen LogP contribution is 2.15. The fourth-order valence-electron chi connectivity index (χ4n) is 0.828. The van der Waals surface area contributed by atoms with Crippen LogP contribution in [0.25, 0.3) is 0 Å². The molecule has 0 bridgehead atoms. The van der Waals surface area contributed by atoms with E-state index >= 15 is 0 Å². The van der Waals surface area contributed by atoms with Gasteiger partial charge in [-0.3, -0.25) is 9.59 Å². The number of rotatable bonds is 4. The molecule has 1 aliphatic rings. The van der Waals surface area contributed by atoms with Crippen molar-refractivity contribution in [1.82, 2.24) is 0 Å². The SMILES string of the molecule is O=C(O)CC1=NN=C(CC(=O)O)SC1. The Balaban J connectivity index is 2.55. The molecule has 0 amide bonds. The van der Waals surface area contributed by atoms with E-state index in [-0.39, 0.29) is 12.8 Å². The third-order valence-electron chi connectivity index (χ3n) is 1.37. The molecule has 0 saturated heterocycles. The second kappa shape index (κ2) is 4.75. The van der Waals surface area contributed by atoms with Crippen molar-refractivity contribution in [3.63, 3.8) is 0 Å². The predicted molar refractivity (Wildman–Crippen MR) is 51.8 cm³/mol. The molecule has 0 unspecified atom stereocenters. The zero-order valence-corrected chi connectivity index (χ0v) is 7.95. The van der Waals surface area contributed by atoms with Crippen molar-refractivity contribution >= 4 is 34.5 Å². The first-order valence-corrected chi connectivity index (χ1v) is 4.75. The van der Waals surface area contributed by atoms with Gasteiger partial charge in [0.1, 0.15) is 5.04 Å². The molecule has 0 aromatic heterocycles. The standard InChI is InChI=1S/C7H8N2O4S/c10-6(11)1-4-3-14-5(9-8-4)2-7(12)13/h1-3H2,(H,10,11)(H,12,13). The minimum Gasteiger partial charge on any atom is -0.481 e. The molecule has 1 heterocycles. The van der Waals surface area contributed by atoms with Crippen LogP contribution in [0.2, 0.25) is 0 Å². The minimum absolute atomic E-state index is 0.142. The van der Waals surface area contributed by atoms with Crippen LogP contribution in [0.5, 0.6) is 0 Å². The minimum atomic E-state index is -0.965. The van der Waals surface area contributed by atoms with E-state index < -0.39 is 11.9 Å². The highest BCUT2D eigenvalue weighted by Gasteiger charge is 2.15. The topological polar surface area (TPSA) is 99.3 Å². The van der Waals surface area contributed by atoms with Crippen molar-refractivity contribution in [2.75, 3.05) is 5.75 Å². The van der Waals surface area contributed by atoms with Crippen LogP contribution in [0.1, 0.15) is 12.8 Å². The van der Waals surface area contributed by atoms with Crippen molar-refractivity contribution in [3.05, 3.63) is 0 Å². The second-order valence-electron chi connectivity index (χ2n) is 2.59. The Morgan fingerprint density at radius 1 is 1.21 bits per heavy atom. The molecule has 0 radical (unpaired) electrons. The van der Waals surface area contributed by atoms with Crippen LogP contribution in [0.15, 0.2) is 10.2 Å². The van der Waals surface area contributed by atoms with Gasteiger partial charge in [0.05, 0.1) is 18.6 Å². The summed E-state index contributed by atoms with van der Waals surface area (Å²) in [5, 5.41) is 24.6. The van der Waals surface area contributed by atoms with E-state index in [1.807, 2.05) is 0 Å². The van der Waals surface area contributed by atoms with E-state index in [1.54, 1.807) is 0 Å². The van der Waals surface area contributed by atoms with Gasteiger partial charge in [-0.15, -0.1) is 16.9 Å². The average Bonchev–Trinajstić information content (AvgIpc) is 2.06. The summed E-state index contributed by atoms with van der Waals surface area (Å²) in [6.45, 7) is 0. The largest absolute Gasteiger partial charge is 0.481 e. The molecule has 14 heavy (non-hydrogen) atoms. The van der Waals surface area contributed by atoms with Crippen LogP contribution in [0.3, 0.4) is 0 Å². The van der Waals surface area contributed by atoms with E-state index in [0.717, 1.165) is 0 Å². The van der Waals surface area contributed by atoms with Gasteiger partial charge in [0.2, 0.25) is 0 Å². The molecule has 1 rings (SSSR count). The lowest BCUT2D eigenvalue weighted by Gasteiger charge is -2.08. The first-order valence-electron chi connectivity index (χ1n) is 3.76. The number of carboxylic acids is 2. The van der Waals surface area contributed by atoms with Gasteiger partial charge < -0.3 is 10.2 Å². The maximum atomic E-state index is 10.3. The van der Waals surface area contributed by atoms with Gasteiger partial charge in [-0.2, -0.15) is 5.10 Å². The van der Waals surface area contributed by atoms with Gasteiger partial charge in [-0.05, 0) is 0 Å². The summed E-state index contributed by atoms with van der Waals surface area (Å²) in [7, 11) is 0. The van der Waals surface area contributed by atoms with Crippen LogP contribution in [0, 0.1) is 0 Å². The van der Waals surface area contributed by atoms with Crippen LogP contribution in [0.4, 0.5) is 0 Å². The number of hydrogen-bond donors (Lipinski definition) is 2. The van der Waals surface area contributed by atoms with Crippen molar-refractivity contribution < 1.29 is 19.8 Å². The molecule has 0 aromatic rings. The Morgan fingerprint density at radius 2 is 1.86 bits per heavy atom. The van der Waals surface area contributed by atoms with Gasteiger partial charge in [0.15, 0.2) is 0 Å². The third-order valence-corrected chi connectivity index (χ3v) is 2.40. The normalized spacial score (nSPS) is 15.7. The van der Waals surface area contributed by atoms with Gasteiger partial charge in [0.25, 0.3) is 0 Å². The smallest absolute Gasteiger partial charge is 0.310 e. The number of aliphatic carboxylic acids is 2. The summed E-state index contributed by atoms with van der Waals surface area (Å²) in [5.41, 5.74) is 0.455. The molecule has 0 aromatic carbocycles. The monoisotopic (exact) mass is 216 g/mol. The Bertz CT molecular complexity index is 292. The molecule has 0 atom stereocenters. The Morgan fingerprint density at radius 3 is 2.29 bits per heavy atom. The van der Waals surface area contributed by atoms with Crippen LogP contribution in [-0.2, 0) is 9.59 Å². The van der Waals surface area contributed by atoms with E-state index in [1.165, 1.54) is 11.8 Å². The number of carbonyl (C=O) groups is 2. The first kappa shape index (κ1) is 10.7. The van der Waals surface area contributed by atoms with Crippen LogP contribution >= 0.6 is 11.8 Å². The summed E-state index contributed by atoms with van der Waals surface area (Å²) in [4.78, 5) is 20.6. The summed E-state index contributed by atoms with van der Waals surface area (Å²) < 4.78 is 0. The maximum absolute atomic E-state index is 10.3. The number of carboxylic acid groups (broad SMARTS) is 2. The maximum Gasteiger partial charge on any atom is 0.310 e. The average molecular weight is 216 g/mol. The number of thioether (sulfide) groups is 1. The van der Waals surface area contributed by atoms with Crippen molar-refractivity contribution in [3.8, 4) is 0 Å². The Hall–Kier alpha value is -1.37. The summed E-state index contributed by atoms with van der Waals surface area (Å²) in [6, 6.07) is 0. The van der Waals surface area contributed by atoms with Crippen LogP contribution in [-0.4, -0.2) is 38.7 Å². The fourth-order valence-corrected chi connectivity index (χ4v) is 1.64. The van der Waals surface area contributed by atoms with Gasteiger partial charge >= 0.3 is 11.9 Å². The fraction of sp³-hybridized carbons (Fsp3) is 0.429. The lowest BCUT2D eigenvalue weighted by atomic mass is 10.3. The van der Waals surface area contributed by atoms with Gasteiger partial charge in [-0.1, -0.05) is 0 Å². The molecule has 76 valence electrons. The summed E-state index contributed by atoms with van der Waals surface area (Å²) >= 11 is 1.22. The lowest BCUT2D eigenvalue weighted by Crippen LogP contribution is -2.15. The van der Waals surface area contributed by atoms with Crippen molar-refractivity contribution in [2.45, 2.75) is 12.8 Å². The first-order chi connectivity index (χ1) is 6.58. The van der Waals surface area contributed by atoms with Crippen molar-refractivity contribution in [1.29, 1.82) is 0 Å². The zero-order chi connectivity index (χ0) is 10.6. The zero-order valence-electron chi connectivity index (χ0n) is 7.13. The Labute approximate surface area is 83.7 Å². The van der Waals surface area contributed by atoms with Gasteiger partial charge in [-0.25, -0.2) is 0 Å². The van der Waals surface area contributed by atoms with E-state index in [4.69, 9.17) is 10.2 Å². The summed E-state index contributed by atoms with van der Waals surface area (Å²) in [6.07, 6.45) is -0.300. The molecule has 2 N–H and O–H groups in total. The predicted octanol–water partition coefficient (Wildman–Crippen LogP) is 0.437. The van der Waals surface area contributed by atoms with E-state index in [2.05, 4.69) is 10.2 Å². The Kier molecular flexibility index (Phi) is 3.63. The molecule has 1 aliphatic heterocycles. The molecular weight excluding hydrogens is 208 g/mol. The van der Waals surface area contributed by atoms with Crippen molar-refractivity contribution in [2.24, 2.45) is 10.2 Å². The molecule has 0 spiro atoms. The highest BCUT2D eigenvalue weighted by molar-refractivity contribution is 8.14. The van der Waals surface area contributed by atoms with Crippen LogP contribution < -0.4 is 0 Å². The molecule has 6 nitrogen and oxygen atoms in total. The molecule has 0 saturated carbocycles. The number of hydrogen-bond acceptors (Lipinski definition) is 5. The third kappa shape index (κ3) is 3.56. The molecule has 0 aliphatic carbocycles. The summed E-state index contributed by atoms with van der Waals surface area (Å²) in [5.74, 6) is -1.52. The van der Waals surface area contributed by atoms with E-state index in [0.29, 0.717) is 16.5 Å². The van der Waals surface area contributed by atoms with Gasteiger partial charge in [0, 0.05) is 5.75 Å². The second-order valence-corrected chi connectivity index (χ2v) is 3.64. The molecule has 7 heteroatoms. The highest BCUT2D eigenvalue weighted by atomic mass is 32.2. The quantitative estimate of drug-likeness (QED) is 0.710.